The van der Waals surface area contributed by atoms with Crippen LogP contribution in [0.1, 0.15) is 47.0 Å². The normalized spacial score (nSPS) is 12.5. The number of carbonyl (C=O) groups is 2. The maximum absolute atomic E-state index is 12.2. The second kappa shape index (κ2) is 8.66. The fraction of sp³-hybridized carbons (Fsp3) is 0.857. The quantitative estimate of drug-likeness (QED) is 0.454. The highest BCUT2D eigenvalue weighted by atomic mass is 31.2. The van der Waals surface area contributed by atoms with Gasteiger partial charge in [0.25, 0.3) is 0 Å². The zero-order chi connectivity index (χ0) is 16.7. The minimum Gasteiger partial charge on any atom is -0.463 e. The summed E-state index contributed by atoms with van der Waals surface area (Å²) in [7, 11) is -0.832. The van der Waals surface area contributed by atoms with Gasteiger partial charge in [-0.15, -0.1) is 0 Å². The Hall–Kier alpha value is -0.710. The van der Waals surface area contributed by atoms with E-state index in [1.54, 1.807) is 27.7 Å². The highest BCUT2D eigenvalue weighted by molar-refractivity contribution is 7.54. The Morgan fingerprint density at radius 2 is 1.67 bits per heavy atom. The van der Waals surface area contributed by atoms with E-state index in [-0.39, 0.29) is 30.4 Å². The number of carbonyl (C=O) groups excluding carboxylic acids is 2. The van der Waals surface area contributed by atoms with Crippen LogP contribution in [0.2, 0.25) is 0 Å². The van der Waals surface area contributed by atoms with Crippen molar-refractivity contribution < 1.29 is 27.9 Å². The summed E-state index contributed by atoms with van der Waals surface area (Å²) >= 11 is 0. The predicted octanol–water partition coefficient (Wildman–Crippen LogP) is 3.19. The summed E-state index contributed by atoms with van der Waals surface area (Å²) in [5, 5.41) is 0. The molecule has 0 saturated heterocycles. The van der Waals surface area contributed by atoms with Crippen LogP contribution in [-0.2, 0) is 27.9 Å². The van der Waals surface area contributed by atoms with Crippen LogP contribution in [-0.4, -0.2) is 38.2 Å². The highest BCUT2D eigenvalue weighted by Crippen LogP contribution is 2.47. The van der Waals surface area contributed by atoms with E-state index < -0.39 is 13.0 Å². The van der Waals surface area contributed by atoms with E-state index in [9.17, 15) is 14.2 Å². The third kappa shape index (κ3) is 7.74. The van der Waals surface area contributed by atoms with Crippen LogP contribution >= 0.6 is 7.60 Å². The number of hydrogen-bond donors (Lipinski definition) is 0. The molecule has 6 nitrogen and oxygen atoms in total. The van der Waals surface area contributed by atoms with E-state index in [1.807, 2.05) is 0 Å². The summed E-state index contributed by atoms with van der Waals surface area (Å²) in [4.78, 5) is 23.6. The van der Waals surface area contributed by atoms with Crippen molar-refractivity contribution in [2.24, 2.45) is 5.41 Å². The molecule has 0 atom stereocenters. The highest BCUT2D eigenvalue weighted by Gasteiger charge is 2.34. The maximum Gasteiger partial charge on any atom is 0.337 e. The third-order valence-electron chi connectivity index (χ3n) is 3.20. The first kappa shape index (κ1) is 20.3. The van der Waals surface area contributed by atoms with E-state index in [4.69, 9.17) is 13.8 Å². The first-order chi connectivity index (χ1) is 9.56. The number of esters is 1. The Morgan fingerprint density at radius 1 is 1.14 bits per heavy atom. The number of rotatable bonds is 10. The Morgan fingerprint density at radius 3 is 2.10 bits per heavy atom. The Bertz CT molecular complexity index is 394. The molecule has 0 aromatic rings. The molecule has 0 fully saturated rings. The topological polar surface area (TPSA) is 78.9 Å². The third-order valence-corrected chi connectivity index (χ3v) is 4.99. The van der Waals surface area contributed by atoms with Crippen molar-refractivity contribution in [3.8, 4) is 0 Å². The molecule has 0 saturated carbocycles. The molecular weight excluding hydrogens is 295 g/mol. The van der Waals surface area contributed by atoms with Crippen molar-refractivity contribution in [3.63, 3.8) is 0 Å². The summed E-state index contributed by atoms with van der Waals surface area (Å²) in [6.07, 6.45) is 0.910. The molecule has 0 amide bonds. The molecule has 0 aliphatic heterocycles. The fourth-order valence-corrected chi connectivity index (χ4v) is 2.92. The summed E-state index contributed by atoms with van der Waals surface area (Å²) in [5.74, 6) is -0.473. The zero-order valence-electron chi connectivity index (χ0n) is 13.8. The van der Waals surface area contributed by atoms with Gasteiger partial charge in [-0.2, -0.15) is 0 Å². The van der Waals surface area contributed by atoms with Gasteiger partial charge in [0.15, 0.2) is 5.78 Å². The molecule has 124 valence electrons. The van der Waals surface area contributed by atoms with Crippen LogP contribution in [0, 0.1) is 5.41 Å². The Kier molecular flexibility index (Phi) is 8.37. The molecule has 7 heteroatoms. The van der Waals surface area contributed by atoms with Gasteiger partial charge in [-0.25, -0.2) is 0 Å². The SMILES string of the molecule is COP(=O)(CC(=O)C(C)(C)CCCC(=O)OC(C)C)OC. The fourth-order valence-electron chi connectivity index (χ4n) is 1.73. The molecule has 0 aromatic carbocycles. The van der Waals surface area contributed by atoms with Crippen LogP contribution in [0.25, 0.3) is 0 Å². The minimum atomic E-state index is -3.34. The van der Waals surface area contributed by atoms with Crippen molar-refractivity contribution in [2.45, 2.75) is 53.1 Å². The monoisotopic (exact) mass is 322 g/mol. The van der Waals surface area contributed by atoms with Gasteiger partial charge in [0, 0.05) is 26.1 Å². The summed E-state index contributed by atoms with van der Waals surface area (Å²) in [6.45, 7) is 7.11. The molecule has 0 heterocycles. The summed E-state index contributed by atoms with van der Waals surface area (Å²) < 4.78 is 26.6. The lowest BCUT2D eigenvalue weighted by molar-refractivity contribution is -0.147. The first-order valence-electron chi connectivity index (χ1n) is 6.99. The van der Waals surface area contributed by atoms with Crippen LogP contribution in [0.5, 0.6) is 0 Å². The lowest BCUT2D eigenvalue weighted by atomic mass is 9.83. The lowest BCUT2D eigenvalue weighted by Gasteiger charge is -2.24. The molecule has 0 aromatic heterocycles. The molecule has 0 radical (unpaired) electrons. The summed E-state index contributed by atoms with van der Waals surface area (Å²) in [6, 6.07) is 0. The molecule has 0 spiro atoms. The van der Waals surface area contributed by atoms with Gasteiger partial charge in [-0.05, 0) is 26.7 Å². The van der Waals surface area contributed by atoms with Crippen LogP contribution < -0.4 is 0 Å². The van der Waals surface area contributed by atoms with Crippen molar-refractivity contribution in [1.82, 2.24) is 0 Å². The minimum absolute atomic E-state index is 0.138. The van der Waals surface area contributed by atoms with E-state index in [0.29, 0.717) is 12.8 Å². The van der Waals surface area contributed by atoms with Crippen molar-refractivity contribution in [1.29, 1.82) is 0 Å². The molecule has 0 bridgehead atoms. The average molecular weight is 322 g/mol. The Labute approximate surface area is 127 Å². The molecule has 0 aliphatic carbocycles. The van der Waals surface area contributed by atoms with E-state index in [1.165, 1.54) is 14.2 Å². The molecule has 0 N–H and O–H groups in total. The van der Waals surface area contributed by atoms with E-state index >= 15 is 0 Å². The van der Waals surface area contributed by atoms with E-state index in [2.05, 4.69) is 0 Å². The Balaban J connectivity index is 4.39. The van der Waals surface area contributed by atoms with Gasteiger partial charge in [0.2, 0.25) is 0 Å². The lowest BCUT2D eigenvalue weighted by Crippen LogP contribution is -2.28. The van der Waals surface area contributed by atoms with Gasteiger partial charge in [-0.1, -0.05) is 13.8 Å². The second-order valence-corrected chi connectivity index (χ2v) is 8.10. The number of Topliss-reactive ketones (excluding diaryl/α,β-unsaturated/α-hetero) is 1. The largest absolute Gasteiger partial charge is 0.463 e. The number of ether oxygens (including phenoxy) is 1. The number of ketones is 1. The molecular formula is C14H27O6P. The van der Waals surface area contributed by atoms with Gasteiger partial charge in [0.05, 0.1) is 6.10 Å². The molecule has 0 rings (SSSR count). The molecule has 21 heavy (non-hydrogen) atoms. The van der Waals surface area contributed by atoms with Crippen LogP contribution in [0.3, 0.4) is 0 Å². The zero-order valence-corrected chi connectivity index (χ0v) is 14.7. The van der Waals surface area contributed by atoms with Crippen LogP contribution in [0.4, 0.5) is 0 Å². The smallest absolute Gasteiger partial charge is 0.337 e. The van der Waals surface area contributed by atoms with Crippen molar-refractivity contribution >= 4 is 19.3 Å². The summed E-state index contributed by atoms with van der Waals surface area (Å²) in [5.41, 5.74) is -0.690. The van der Waals surface area contributed by atoms with Crippen molar-refractivity contribution in [2.75, 3.05) is 20.4 Å². The van der Waals surface area contributed by atoms with Gasteiger partial charge in [-0.3, -0.25) is 14.2 Å². The number of hydrogen-bond acceptors (Lipinski definition) is 6. The molecule has 0 aliphatic rings. The van der Waals surface area contributed by atoms with Crippen molar-refractivity contribution in [3.05, 3.63) is 0 Å². The van der Waals surface area contributed by atoms with Gasteiger partial charge in [0.1, 0.15) is 6.16 Å². The predicted molar refractivity (Wildman–Crippen MR) is 80.4 cm³/mol. The maximum atomic E-state index is 12.2. The first-order valence-corrected chi connectivity index (χ1v) is 8.72. The van der Waals surface area contributed by atoms with E-state index in [0.717, 1.165) is 0 Å². The standard InChI is InChI=1S/C14H27O6P/c1-11(2)20-13(16)8-7-9-14(3,4)12(15)10-21(17,18-5)19-6/h11H,7-10H2,1-6H3. The molecule has 0 unspecified atom stereocenters. The van der Waals surface area contributed by atoms with Gasteiger partial charge >= 0.3 is 13.6 Å². The van der Waals surface area contributed by atoms with Crippen LogP contribution in [0.15, 0.2) is 0 Å². The van der Waals surface area contributed by atoms with Gasteiger partial charge < -0.3 is 13.8 Å². The average Bonchev–Trinajstić information content (AvgIpc) is 2.37. The second-order valence-electron chi connectivity index (χ2n) is 5.83.